The molecule has 0 radical (unpaired) electrons. The Balaban J connectivity index is 2.27. The average molecular weight is 475 g/mol. The van der Waals surface area contributed by atoms with E-state index in [1.54, 1.807) is 25.3 Å². The second-order valence-electron chi connectivity index (χ2n) is 5.08. The molecule has 0 amide bonds. The molecule has 0 aromatic heterocycles. The summed E-state index contributed by atoms with van der Waals surface area (Å²) in [5, 5.41) is 0. The van der Waals surface area contributed by atoms with Crippen molar-refractivity contribution in [3.63, 3.8) is 0 Å². The van der Waals surface area contributed by atoms with Crippen LogP contribution in [0.25, 0.3) is 0 Å². The SMILES string of the molecule is COc1ccc(C(=O)Oc2ccc(Br)cc2C(C)C)cc1I. The number of carbonyl (C=O) groups excluding carboxylic acids is 1. The zero-order valence-corrected chi connectivity index (χ0v) is 16.3. The smallest absolute Gasteiger partial charge is 0.343 e. The highest BCUT2D eigenvalue weighted by Gasteiger charge is 2.15. The third-order valence-corrected chi connectivity index (χ3v) is 4.52. The summed E-state index contributed by atoms with van der Waals surface area (Å²) in [4.78, 5) is 12.3. The minimum absolute atomic E-state index is 0.260. The van der Waals surface area contributed by atoms with Gasteiger partial charge in [-0.3, -0.25) is 0 Å². The fourth-order valence-electron chi connectivity index (χ4n) is 2.02. The predicted octanol–water partition coefficient (Wildman–Crippen LogP) is 5.40. The zero-order chi connectivity index (χ0) is 16.3. The Kier molecular flexibility index (Phi) is 5.86. The van der Waals surface area contributed by atoms with Crippen molar-refractivity contribution >= 4 is 44.5 Å². The Labute approximate surface area is 152 Å². The molecule has 0 saturated carbocycles. The van der Waals surface area contributed by atoms with Gasteiger partial charge in [0.1, 0.15) is 11.5 Å². The van der Waals surface area contributed by atoms with Crippen LogP contribution >= 0.6 is 38.5 Å². The fourth-order valence-corrected chi connectivity index (χ4v) is 3.13. The number of esters is 1. The van der Waals surface area contributed by atoms with E-state index in [0.29, 0.717) is 11.3 Å². The molecule has 0 fully saturated rings. The molecule has 0 saturated heterocycles. The van der Waals surface area contributed by atoms with Crippen LogP contribution in [0, 0.1) is 3.57 Å². The lowest BCUT2D eigenvalue weighted by molar-refractivity contribution is 0.0732. The topological polar surface area (TPSA) is 35.5 Å². The normalized spacial score (nSPS) is 10.6. The lowest BCUT2D eigenvalue weighted by Gasteiger charge is -2.13. The molecule has 0 spiro atoms. The molecule has 2 aromatic carbocycles. The quantitative estimate of drug-likeness (QED) is 0.338. The van der Waals surface area contributed by atoms with Gasteiger partial charge in [0.25, 0.3) is 0 Å². The van der Waals surface area contributed by atoms with Gasteiger partial charge >= 0.3 is 5.97 Å². The number of halogens is 2. The molecule has 2 rings (SSSR count). The fraction of sp³-hybridized carbons (Fsp3) is 0.235. The van der Waals surface area contributed by atoms with Crippen LogP contribution in [-0.4, -0.2) is 13.1 Å². The van der Waals surface area contributed by atoms with Gasteiger partial charge < -0.3 is 9.47 Å². The molecule has 22 heavy (non-hydrogen) atoms. The van der Waals surface area contributed by atoms with E-state index in [1.165, 1.54) is 0 Å². The maximum absolute atomic E-state index is 12.3. The standard InChI is InChI=1S/C17H16BrIO3/c1-10(2)13-9-12(18)5-7-15(13)22-17(20)11-4-6-16(21-3)14(19)8-11/h4-10H,1-3H3. The van der Waals surface area contributed by atoms with Crippen molar-refractivity contribution in [2.45, 2.75) is 19.8 Å². The molecule has 116 valence electrons. The van der Waals surface area contributed by atoms with Crippen LogP contribution in [0.2, 0.25) is 0 Å². The van der Waals surface area contributed by atoms with Crippen LogP contribution in [-0.2, 0) is 0 Å². The maximum Gasteiger partial charge on any atom is 0.343 e. The molecular formula is C17H16BrIO3. The number of ether oxygens (including phenoxy) is 2. The predicted molar refractivity (Wildman–Crippen MR) is 98.9 cm³/mol. The van der Waals surface area contributed by atoms with E-state index in [0.717, 1.165) is 19.4 Å². The summed E-state index contributed by atoms with van der Waals surface area (Å²) >= 11 is 5.58. The van der Waals surface area contributed by atoms with E-state index in [4.69, 9.17) is 9.47 Å². The lowest BCUT2D eigenvalue weighted by atomic mass is 10.0. The van der Waals surface area contributed by atoms with Gasteiger partial charge in [-0.15, -0.1) is 0 Å². The first kappa shape index (κ1) is 17.3. The highest BCUT2D eigenvalue weighted by Crippen LogP contribution is 2.30. The molecule has 2 aromatic rings. The van der Waals surface area contributed by atoms with E-state index in [1.807, 2.05) is 18.2 Å². The van der Waals surface area contributed by atoms with Crippen molar-refractivity contribution in [1.82, 2.24) is 0 Å². The largest absolute Gasteiger partial charge is 0.496 e. The van der Waals surface area contributed by atoms with Crippen LogP contribution in [0.3, 0.4) is 0 Å². The van der Waals surface area contributed by atoms with Crippen molar-refractivity contribution < 1.29 is 14.3 Å². The summed E-state index contributed by atoms with van der Waals surface area (Å²) in [7, 11) is 1.60. The Morgan fingerprint density at radius 3 is 2.41 bits per heavy atom. The molecule has 0 bridgehead atoms. The highest BCUT2D eigenvalue weighted by molar-refractivity contribution is 14.1. The average Bonchev–Trinajstić information content (AvgIpc) is 2.48. The lowest BCUT2D eigenvalue weighted by Crippen LogP contribution is -2.10. The first-order chi connectivity index (χ1) is 10.4. The summed E-state index contributed by atoms with van der Waals surface area (Å²) in [6.07, 6.45) is 0. The number of hydrogen-bond acceptors (Lipinski definition) is 3. The summed E-state index contributed by atoms with van der Waals surface area (Å²) < 4.78 is 12.6. The second kappa shape index (κ2) is 7.46. The highest BCUT2D eigenvalue weighted by atomic mass is 127. The van der Waals surface area contributed by atoms with Crippen LogP contribution < -0.4 is 9.47 Å². The van der Waals surface area contributed by atoms with Crippen molar-refractivity contribution in [1.29, 1.82) is 0 Å². The zero-order valence-electron chi connectivity index (χ0n) is 12.5. The van der Waals surface area contributed by atoms with Gasteiger partial charge in [-0.2, -0.15) is 0 Å². The third kappa shape index (κ3) is 4.01. The van der Waals surface area contributed by atoms with Gasteiger partial charge in [-0.25, -0.2) is 4.79 Å². The van der Waals surface area contributed by atoms with Crippen LogP contribution in [0.4, 0.5) is 0 Å². The molecule has 0 aliphatic heterocycles. The van der Waals surface area contributed by atoms with E-state index in [2.05, 4.69) is 52.4 Å². The number of methoxy groups -OCH3 is 1. The second-order valence-corrected chi connectivity index (χ2v) is 7.15. The van der Waals surface area contributed by atoms with Crippen LogP contribution in [0.1, 0.15) is 35.7 Å². The van der Waals surface area contributed by atoms with Crippen molar-refractivity contribution in [3.8, 4) is 11.5 Å². The number of hydrogen-bond donors (Lipinski definition) is 0. The summed E-state index contributed by atoms with van der Waals surface area (Å²) in [6, 6.07) is 10.9. The van der Waals surface area contributed by atoms with Gasteiger partial charge in [0.15, 0.2) is 0 Å². The summed E-state index contributed by atoms with van der Waals surface area (Å²) in [6.45, 7) is 4.13. The molecule has 0 N–H and O–H groups in total. The molecule has 0 heterocycles. The summed E-state index contributed by atoms with van der Waals surface area (Å²) in [5.74, 6) is 1.22. The Hall–Kier alpha value is -1.08. The van der Waals surface area contributed by atoms with Gasteiger partial charge in [-0.1, -0.05) is 29.8 Å². The number of rotatable bonds is 4. The van der Waals surface area contributed by atoms with Gasteiger partial charge in [0.05, 0.1) is 16.2 Å². The van der Waals surface area contributed by atoms with Crippen molar-refractivity contribution in [2.75, 3.05) is 7.11 Å². The first-order valence-corrected chi connectivity index (χ1v) is 8.64. The van der Waals surface area contributed by atoms with Crippen molar-refractivity contribution in [2.24, 2.45) is 0 Å². The van der Waals surface area contributed by atoms with Gasteiger partial charge in [-0.05, 0) is 70.5 Å². The van der Waals surface area contributed by atoms with E-state index in [9.17, 15) is 4.79 Å². The van der Waals surface area contributed by atoms with Crippen LogP contribution in [0.5, 0.6) is 11.5 Å². The minimum Gasteiger partial charge on any atom is -0.496 e. The molecule has 0 atom stereocenters. The summed E-state index contributed by atoms with van der Waals surface area (Å²) in [5.41, 5.74) is 1.49. The van der Waals surface area contributed by atoms with Gasteiger partial charge in [0, 0.05) is 4.47 Å². The van der Waals surface area contributed by atoms with E-state index >= 15 is 0 Å². The molecule has 0 unspecified atom stereocenters. The Morgan fingerprint density at radius 1 is 1.14 bits per heavy atom. The first-order valence-electron chi connectivity index (χ1n) is 6.77. The molecule has 3 nitrogen and oxygen atoms in total. The number of carbonyl (C=O) groups is 1. The number of benzene rings is 2. The monoisotopic (exact) mass is 474 g/mol. The van der Waals surface area contributed by atoms with Gasteiger partial charge in [0.2, 0.25) is 0 Å². The minimum atomic E-state index is -0.371. The molecular weight excluding hydrogens is 459 g/mol. The van der Waals surface area contributed by atoms with Crippen LogP contribution in [0.15, 0.2) is 40.9 Å². The molecule has 0 aliphatic rings. The third-order valence-electron chi connectivity index (χ3n) is 3.18. The van der Waals surface area contributed by atoms with E-state index < -0.39 is 0 Å². The maximum atomic E-state index is 12.3. The molecule has 0 aliphatic carbocycles. The Morgan fingerprint density at radius 2 is 1.82 bits per heavy atom. The molecule has 5 heteroatoms. The van der Waals surface area contributed by atoms with Crippen molar-refractivity contribution in [3.05, 3.63) is 55.6 Å². The Bertz CT molecular complexity index is 698. The van der Waals surface area contributed by atoms with E-state index in [-0.39, 0.29) is 11.9 Å².